The molecule has 1 aliphatic carbocycles. The molecular weight excluding hydrogens is 164 g/mol. The Morgan fingerprint density at radius 1 is 1.46 bits per heavy atom. The summed E-state index contributed by atoms with van der Waals surface area (Å²) in [4.78, 5) is 11.8. The van der Waals surface area contributed by atoms with Gasteiger partial charge in [-0.2, -0.15) is 0 Å². The zero-order valence-electron chi connectivity index (χ0n) is 8.34. The third kappa shape index (κ3) is 1.64. The topological polar surface area (TPSA) is 26.3 Å². The number of ether oxygens (including phenoxy) is 1. The van der Waals surface area contributed by atoms with Crippen LogP contribution in [0.25, 0.3) is 0 Å². The fraction of sp³-hybridized carbons (Fsp3) is 0.909. The van der Waals surface area contributed by atoms with E-state index >= 15 is 0 Å². The van der Waals surface area contributed by atoms with E-state index in [-0.39, 0.29) is 5.60 Å². The molecule has 2 atom stereocenters. The van der Waals surface area contributed by atoms with Crippen LogP contribution in [0.15, 0.2) is 0 Å². The summed E-state index contributed by atoms with van der Waals surface area (Å²) in [7, 11) is 0. The first kappa shape index (κ1) is 9.20. The van der Waals surface area contributed by atoms with Crippen LogP contribution in [0.1, 0.15) is 45.4 Å². The van der Waals surface area contributed by atoms with Crippen molar-refractivity contribution in [1.29, 1.82) is 0 Å². The van der Waals surface area contributed by atoms with E-state index in [9.17, 15) is 4.79 Å². The Morgan fingerprint density at radius 3 is 3.00 bits per heavy atom. The van der Waals surface area contributed by atoms with Gasteiger partial charge in [0.05, 0.1) is 0 Å². The van der Waals surface area contributed by atoms with Crippen LogP contribution in [-0.4, -0.2) is 18.0 Å². The van der Waals surface area contributed by atoms with Crippen LogP contribution in [0.2, 0.25) is 0 Å². The summed E-state index contributed by atoms with van der Waals surface area (Å²) in [5.41, 5.74) is -0.351. The molecule has 1 heterocycles. The van der Waals surface area contributed by atoms with Crippen LogP contribution < -0.4 is 0 Å². The van der Waals surface area contributed by atoms with Crippen LogP contribution in [0.5, 0.6) is 0 Å². The minimum Gasteiger partial charge on any atom is -0.367 e. The molecular formula is C11H18O2. The molecule has 0 radical (unpaired) electrons. The Morgan fingerprint density at radius 2 is 2.31 bits per heavy atom. The zero-order chi connectivity index (χ0) is 9.31. The highest BCUT2D eigenvalue weighted by molar-refractivity contribution is 5.88. The van der Waals surface area contributed by atoms with Gasteiger partial charge in [0.1, 0.15) is 5.60 Å². The van der Waals surface area contributed by atoms with Crippen molar-refractivity contribution in [3.63, 3.8) is 0 Å². The molecule has 0 aromatic carbocycles. The number of hydrogen-bond donors (Lipinski definition) is 0. The molecule has 0 amide bonds. The third-order valence-electron chi connectivity index (χ3n) is 3.40. The Balaban J connectivity index is 2.11. The number of carbonyl (C=O) groups is 1. The molecule has 2 nitrogen and oxygen atoms in total. The summed E-state index contributed by atoms with van der Waals surface area (Å²) in [6.07, 6.45) is 6.02. The van der Waals surface area contributed by atoms with E-state index in [0.29, 0.717) is 11.7 Å². The molecule has 0 N–H and O–H groups in total. The minimum absolute atomic E-state index is 0.351. The average Bonchev–Trinajstić information content (AvgIpc) is 2.14. The highest BCUT2D eigenvalue weighted by atomic mass is 16.5. The fourth-order valence-electron chi connectivity index (χ4n) is 2.62. The molecule has 0 unspecified atom stereocenters. The van der Waals surface area contributed by atoms with Gasteiger partial charge in [-0.05, 0) is 38.0 Å². The summed E-state index contributed by atoms with van der Waals surface area (Å²) in [5, 5.41) is 0. The molecule has 1 spiro atoms. The summed E-state index contributed by atoms with van der Waals surface area (Å²) >= 11 is 0. The van der Waals surface area contributed by atoms with E-state index in [0.717, 1.165) is 38.7 Å². The molecule has 0 bridgehead atoms. The average molecular weight is 182 g/mol. The zero-order valence-corrected chi connectivity index (χ0v) is 8.34. The summed E-state index contributed by atoms with van der Waals surface area (Å²) in [5.74, 6) is 1.03. The second-order valence-electron chi connectivity index (χ2n) is 4.57. The van der Waals surface area contributed by atoms with Crippen LogP contribution in [0.3, 0.4) is 0 Å². The predicted octanol–water partition coefficient (Wildman–Crippen LogP) is 2.31. The van der Waals surface area contributed by atoms with Crippen molar-refractivity contribution in [3.8, 4) is 0 Å². The first-order chi connectivity index (χ1) is 6.23. The highest BCUT2D eigenvalue weighted by Gasteiger charge is 2.43. The summed E-state index contributed by atoms with van der Waals surface area (Å²) < 4.78 is 5.74. The van der Waals surface area contributed by atoms with Crippen molar-refractivity contribution in [2.24, 2.45) is 5.92 Å². The first-order valence-corrected chi connectivity index (χ1v) is 5.40. The molecule has 1 aliphatic heterocycles. The van der Waals surface area contributed by atoms with Gasteiger partial charge in [0, 0.05) is 13.0 Å². The largest absolute Gasteiger partial charge is 0.367 e. The summed E-state index contributed by atoms with van der Waals surface area (Å²) in [6, 6.07) is 0. The molecule has 2 heteroatoms. The van der Waals surface area contributed by atoms with Gasteiger partial charge >= 0.3 is 0 Å². The van der Waals surface area contributed by atoms with Crippen LogP contribution in [0, 0.1) is 5.92 Å². The maximum Gasteiger partial charge on any atom is 0.164 e. The van der Waals surface area contributed by atoms with Crippen molar-refractivity contribution in [2.75, 3.05) is 6.61 Å². The molecule has 74 valence electrons. The lowest BCUT2D eigenvalue weighted by Crippen LogP contribution is -2.48. The van der Waals surface area contributed by atoms with Gasteiger partial charge in [-0.25, -0.2) is 0 Å². The number of hydrogen-bond acceptors (Lipinski definition) is 2. The minimum atomic E-state index is -0.351. The second kappa shape index (κ2) is 3.41. The van der Waals surface area contributed by atoms with Crippen LogP contribution in [0.4, 0.5) is 0 Å². The van der Waals surface area contributed by atoms with Crippen molar-refractivity contribution in [3.05, 3.63) is 0 Å². The van der Waals surface area contributed by atoms with E-state index in [2.05, 4.69) is 6.92 Å². The maximum absolute atomic E-state index is 11.8. The molecule has 1 saturated heterocycles. The van der Waals surface area contributed by atoms with E-state index < -0.39 is 0 Å². The van der Waals surface area contributed by atoms with Gasteiger partial charge in [0.15, 0.2) is 5.78 Å². The molecule has 0 aromatic heterocycles. The Hall–Kier alpha value is -0.370. The van der Waals surface area contributed by atoms with E-state index in [4.69, 9.17) is 4.74 Å². The summed E-state index contributed by atoms with van der Waals surface area (Å²) in [6.45, 7) is 3.02. The highest BCUT2D eigenvalue weighted by Crippen LogP contribution is 2.38. The van der Waals surface area contributed by atoms with Crippen molar-refractivity contribution in [2.45, 2.75) is 51.0 Å². The van der Waals surface area contributed by atoms with Gasteiger partial charge in [-0.15, -0.1) is 0 Å². The molecule has 13 heavy (non-hydrogen) atoms. The van der Waals surface area contributed by atoms with Gasteiger partial charge < -0.3 is 4.74 Å². The fourth-order valence-corrected chi connectivity index (χ4v) is 2.62. The predicted molar refractivity (Wildman–Crippen MR) is 50.6 cm³/mol. The van der Waals surface area contributed by atoms with Gasteiger partial charge in [0.25, 0.3) is 0 Å². The van der Waals surface area contributed by atoms with Crippen LogP contribution >= 0.6 is 0 Å². The SMILES string of the molecule is C[C@H]1CCC(=O)[C@]2(CCCCO2)C1. The number of rotatable bonds is 0. The molecule has 2 rings (SSSR count). The Kier molecular flexibility index (Phi) is 2.41. The molecule has 2 fully saturated rings. The molecule has 0 aromatic rings. The quantitative estimate of drug-likeness (QED) is 0.574. The van der Waals surface area contributed by atoms with Gasteiger partial charge in [0.2, 0.25) is 0 Å². The van der Waals surface area contributed by atoms with Crippen molar-refractivity contribution >= 4 is 5.78 Å². The van der Waals surface area contributed by atoms with Crippen molar-refractivity contribution < 1.29 is 9.53 Å². The van der Waals surface area contributed by atoms with E-state index in [1.807, 2.05) is 0 Å². The molecule has 1 saturated carbocycles. The van der Waals surface area contributed by atoms with E-state index in [1.54, 1.807) is 0 Å². The second-order valence-corrected chi connectivity index (χ2v) is 4.57. The normalized spacial score (nSPS) is 41.0. The van der Waals surface area contributed by atoms with Gasteiger partial charge in [-0.1, -0.05) is 6.92 Å². The first-order valence-electron chi connectivity index (χ1n) is 5.40. The van der Waals surface area contributed by atoms with E-state index in [1.165, 1.54) is 6.42 Å². The monoisotopic (exact) mass is 182 g/mol. The Labute approximate surface area is 79.7 Å². The van der Waals surface area contributed by atoms with Gasteiger partial charge in [-0.3, -0.25) is 4.79 Å². The lowest BCUT2D eigenvalue weighted by Gasteiger charge is -2.41. The smallest absolute Gasteiger partial charge is 0.164 e. The third-order valence-corrected chi connectivity index (χ3v) is 3.40. The van der Waals surface area contributed by atoms with Crippen LogP contribution in [-0.2, 0) is 9.53 Å². The lowest BCUT2D eigenvalue weighted by molar-refractivity contribution is -0.159. The lowest BCUT2D eigenvalue weighted by atomic mass is 9.74. The standard InChI is InChI=1S/C11H18O2/c1-9-4-5-10(12)11(8-9)6-2-3-7-13-11/h9H,2-8H2,1H3/t9-,11-/m0/s1. The number of carbonyl (C=O) groups excluding carboxylic acids is 1. The maximum atomic E-state index is 11.8. The Bertz CT molecular complexity index is 204. The van der Waals surface area contributed by atoms with Crippen molar-refractivity contribution in [1.82, 2.24) is 0 Å². The number of ketones is 1. The molecule has 2 aliphatic rings. The number of Topliss-reactive ketones (excluding diaryl/α,β-unsaturated/α-hetero) is 1.